The molecule has 0 atom stereocenters. The Morgan fingerprint density at radius 2 is 2.22 bits per heavy atom. The molecule has 2 aromatic heterocycles. The minimum absolute atomic E-state index is 0.666. The summed E-state index contributed by atoms with van der Waals surface area (Å²) in [6.45, 7) is 4.43. The van der Waals surface area contributed by atoms with E-state index in [0.717, 1.165) is 41.6 Å². The van der Waals surface area contributed by atoms with Gasteiger partial charge in [0.1, 0.15) is 5.01 Å². The van der Waals surface area contributed by atoms with Gasteiger partial charge in [0, 0.05) is 36.0 Å². The summed E-state index contributed by atoms with van der Waals surface area (Å²) in [6.07, 6.45) is 3.90. The lowest BCUT2D eigenvalue weighted by atomic mass is 10.4. The number of thiazole rings is 2. The molecule has 0 fully saturated rings. The fourth-order valence-corrected chi connectivity index (χ4v) is 3.20. The number of hydrogen-bond donors (Lipinski definition) is 2. The molecule has 0 aromatic carbocycles. The number of aromatic nitrogens is 2. The van der Waals surface area contributed by atoms with Crippen molar-refractivity contribution >= 4 is 22.7 Å². The van der Waals surface area contributed by atoms with Gasteiger partial charge in [0.15, 0.2) is 0 Å². The van der Waals surface area contributed by atoms with Crippen LogP contribution in [0.3, 0.4) is 0 Å². The van der Waals surface area contributed by atoms with Gasteiger partial charge in [-0.05, 0) is 13.0 Å². The van der Waals surface area contributed by atoms with E-state index in [-0.39, 0.29) is 0 Å². The average Bonchev–Trinajstić information content (AvgIpc) is 2.99. The zero-order valence-corrected chi connectivity index (χ0v) is 12.1. The molecule has 0 aliphatic rings. The molecule has 2 rings (SSSR count). The van der Waals surface area contributed by atoms with Crippen LogP contribution in [0.25, 0.3) is 0 Å². The molecule has 0 unspecified atom stereocenters. The van der Waals surface area contributed by atoms with Gasteiger partial charge in [0.2, 0.25) is 0 Å². The predicted molar refractivity (Wildman–Crippen MR) is 76.9 cm³/mol. The second-order valence-corrected chi connectivity index (χ2v) is 6.09. The molecule has 3 N–H and O–H groups in total. The molecule has 0 saturated heterocycles. The van der Waals surface area contributed by atoms with Gasteiger partial charge in [-0.3, -0.25) is 0 Å². The van der Waals surface area contributed by atoms with Gasteiger partial charge in [-0.25, -0.2) is 9.97 Å². The van der Waals surface area contributed by atoms with Crippen molar-refractivity contribution in [2.24, 2.45) is 5.73 Å². The summed E-state index contributed by atoms with van der Waals surface area (Å²) in [7, 11) is 0. The standard InChI is InChI=1S/C12H18N4S2/c1-2-10-6-15-12(18-10)7-14-5-9-8-17-11(16-9)3-4-13/h6,8,14H,2-5,7,13H2,1H3. The van der Waals surface area contributed by atoms with Crippen LogP contribution in [0, 0.1) is 0 Å². The van der Waals surface area contributed by atoms with Gasteiger partial charge in [-0.15, -0.1) is 22.7 Å². The first-order valence-corrected chi connectivity index (χ1v) is 7.79. The lowest BCUT2D eigenvalue weighted by Crippen LogP contribution is -2.12. The molecule has 2 heterocycles. The summed E-state index contributed by atoms with van der Waals surface area (Å²) < 4.78 is 0. The highest BCUT2D eigenvalue weighted by Crippen LogP contribution is 2.13. The van der Waals surface area contributed by atoms with E-state index in [2.05, 4.69) is 27.6 Å². The highest BCUT2D eigenvalue weighted by molar-refractivity contribution is 7.11. The van der Waals surface area contributed by atoms with Crippen molar-refractivity contribution in [3.8, 4) is 0 Å². The van der Waals surface area contributed by atoms with Gasteiger partial charge in [-0.1, -0.05) is 6.92 Å². The summed E-state index contributed by atoms with van der Waals surface area (Å²) in [5.74, 6) is 0. The molecule has 6 heteroatoms. The number of nitrogens with zero attached hydrogens (tertiary/aromatic N) is 2. The van der Waals surface area contributed by atoms with E-state index < -0.39 is 0 Å². The number of nitrogens with one attached hydrogen (secondary N) is 1. The Bertz CT molecular complexity index is 478. The second kappa shape index (κ2) is 6.94. The van der Waals surface area contributed by atoms with Gasteiger partial charge >= 0.3 is 0 Å². The molecule has 2 aromatic rings. The van der Waals surface area contributed by atoms with Gasteiger partial charge in [0.05, 0.1) is 10.7 Å². The molecule has 0 aliphatic carbocycles. The third kappa shape index (κ3) is 3.84. The summed E-state index contributed by atoms with van der Waals surface area (Å²) in [4.78, 5) is 10.2. The topological polar surface area (TPSA) is 63.8 Å². The normalized spacial score (nSPS) is 11.0. The first-order valence-electron chi connectivity index (χ1n) is 6.09. The number of hydrogen-bond acceptors (Lipinski definition) is 6. The molecule has 98 valence electrons. The van der Waals surface area contributed by atoms with Crippen LogP contribution in [0.4, 0.5) is 0 Å². The Labute approximate surface area is 115 Å². The molecule has 0 aliphatic heterocycles. The molecule has 0 amide bonds. The van der Waals surface area contributed by atoms with E-state index in [9.17, 15) is 0 Å². The van der Waals surface area contributed by atoms with E-state index in [4.69, 9.17) is 5.73 Å². The second-order valence-electron chi connectivity index (χ2n) is 3.95. The lowest BCUT2D eigenvalue weighted by molar-refractivity contribution is 0.677. The minimum Gasteiger partial charge on any atom is -0.330 e. The summed E-state index contributed by atoms with van der Waals surface area (Å²) in [5.41, 5.74) is 6.60. The maximum absolute atomic E-state index is 5.51. The van der Waals surface area contributed by atoms with Crippen LogP contribution in [-0.4, -0.2) is 16.5 Å². The van der Waals surface area contributed by atoms with Crippen LogP contribution in [0.5, 0.6) is 0 Å². The highest BCUT2D eigenvalue weighted by atomic mass is 32.1. The Hall–Kier alpha value is -0.820. The highest BCUT2D eigenvalue weighted by Gasteiger charge is 2.03. The Kier molecular flexibility index (Phi) is 5.25. The molecule has 0 bridgehead atoms. The average molecular weight is 282 g/mol. The maximum Gasteiger partial charge on any atom is 0.107 e. The smallest absolute Gasteiger partial charge is 0.107 e. The van der Waals surface area contributed by atoms with Crippen LogP contribution in [0.2, 0.25) is 0 Å². The van der Waals surface area contributed by atoms with E-state index in [0.29, 0.717) is 6.54 Å². The quantitative estimate of drug-likeness (QED) is 0.815. The zero-order valence-electron chi connectivity index (χ0n) is 10.5. The third-order valence-corrected chi connectivity index (χ3v) is 4.59. The van der Waals surface area contributed by atoms with Gasteiger partial charge in [0.25, 0.3) is 0 Å². The minimum atomic E-state index is 0.666. The summed E-state index contributed by atoms with van der Waals surface area (Å²) in [5, 5.41) is 7.73. The fraction of sp³-hybridized carbons (Fsp3) is 0.500. The fourth-order valence-electron chi connectivity index (χ4n) is 1.56. The molecule has 18 heavy (non-hydrogen) atoms. The number of nitrogens with two attached hydrogens (primary N) is 1. The van der Waals surface area contributed by atoms with Crippen molar-refractivity contribution in [3.05, 3.63) is 32.2 Å². The van der Waals surface area contributed by atoms with Gasteiger partial charge in [-0.2, -0.15) is 0 Å². The van der Waals surface area contributed by atoms with Gasteiger partial charge < -0.3 is 11.1 Å². The molecular formula is C12H18N4S2. The summed E-state index contributed by atoms with van der Waals surface area (Å²) in [6, 6.07) is 0. The summed E-state index contributed by atoms with van der Waals surface area (Å²) >= 11 is 3.46. The Morgan fingerprint density at radius 1 is 1.33 bits per heavy atom. The predicted octanol–water partition coefficient (Wildman–Crippen LogP) is 1.95. The van der Waals surface area contributed by atoms with E-state index in [1.54, 1.807) is 22.7 Å². The van der Waals surface area contributed by atoms with E-state index >= 15 is 0 Å². The molecule has 0 spiro atoms. The lowest BCUT2D eigenvalue weighted by Gasteiger charge is -1.98. The van der Waals surface area contributed by atoms with E-state index in [1.165, 1.54) is 4.88 Å². The van der Waals surface area contributed by atoms with Crippen LogP contribution >= 0.6 is 22.7 Å². The number of rotatable bonds is 7. The van der Waals surface area contributed by atoms with Crippen molar-refractivity contribution in [1.82, 2.24) is 15.3 Å². The van der Waals surface area contributed by atoms with Crippen LogP contribution in [0.15, 0.2) is 11.6 Å². The van der Waals surface area contributed by atoms with E-state index in [1.807, 2.05) is 6.20 Å². The SMILES string of the molecule is CCc1cnc(CNCc2csc(CCN)n2)s1. The van der Waals surface area contributed by atoms with Crippen molar-refractivity contribution in [2.75, 3.05) is 6.54 Å². The Balaban J connectivity index is 1.77. The first-order chi connectivity index (χ1) is 8.81. The number of aryl methyl sites for hydroxylation is 1. The third-order valence-electron chi connectivity index (χ3n) is 2.49. The van der Waals surface area contributed by atoms with Crippen molar-refractivity contribution in [2.45, 2.75) is 32.9 Å². The van der Waals surface area contributed by atoms with Crippen molar-refractivity contribution in [1.29, 1.82) is 0 Å². The maximum atomic E-state index is 5.51. The zero-order chi connectivity index (χ0) is 12.8. The monoisotopic (exact) mass is 282 g/mol. The van der Waals surface area contributed by atoms with Crippen LogP contribution < -0.4 is 11.1 Å². The first kappa shape index (κ1) is 13.6. The molecule has 0 saturated carbocycles. The van der Waals surface area contributed by atoms with Crippen LogP contribution in [-0.2, 0) is 25.9 Å². The molecular weight excluding hydrogens is 264 g/mol. The Morgan fingerprint density at radius 3 is 2.94 bits per heavy atom. The van der Waals surface area contributed by atoms with Crippen molar-refractivity contribution in [3.63, 3.8) is 0 Å². The molecule has 4 nitrogen and oxygen atoms in total. The molecule has 0 radical (unpaired) electrons. The van der Waals surface area contributed by atoms with Crippen LogP contribution in [0.1, 0.15) is 27.5 Å². The van der Waals surface area contributed by atoms with Crippen molar-refractivity contribution < 1.29 is 0 Å². The largest absolute Gasteiger partial charge is 0.330 e.